The van der Waals surface area contributed by atoms with E-state index in [-0.39, 0.29) is 0 Å². The van der Waals surface area contributed by atoms with Gasteiger partial charge in [0.1, 0.15) is 0 Å². The van der Waals surface area contributed by atoms with E-state index in [1.807, 2.05) is 0 Å². The highest BCUT2D eigenvalue weighted by molar-refractivity contribution is 6.33. The third kappa shape index (κ3) is 2.81. The zero-order valence-electron chi connectivity index (χ0n) is 9.74. The first-order valence-corrected chi connectivity index (χ1v) is 6.53. The highest BCUT2D eigenvalue weighted by atomic mass is 35.5. The number of piperidine rings is 1. The van der Waals surface area contributed by atoms with Crippen molar-refractivity contribution in [2.45, 2.75) is 25.8 Å². The van der Waals surface area contributed by atoms with Gasteiger partial charge >= 0.3 is 0 Å². The van der Waals surface area contributed by atoms with Crippen molar-refractivity contribution in [3.8, 4) is 0 Å². The van der Waals surface area contributed by atoms with E-state index in [4.69, 9.17) is 28.9 Å². The van der Waals surface area contributed by atoms with Crippen LogP contribution in [0.3, 0.4) is 0 Å². The van der Waals surface area contributed by atoms with Gasteiger partial charge in [0.05, 0.1) is 5.69 Å². The first kappa shape index (κ1) is 12.9. The number of rotatable bonds is 2. The molecule has 0 radical (unpaired) electrons. The molecule has 0 aromatic carbocycles. The van der Waals surface area contributed by atoms with Crippen LogP contribution in [0.5, 0.6) is 0 Å². The average molecular weight is 275 g/mol. The van der Waals surface area contributed by atoms with Crippen LogP contribution in [0, 0.1) is 5.92 Å². The monoisotopic (exact) mass is 274 g/mol. The van der Waals surface area contributed by atoms with Crippen LogP contribution in [-0.4, -0.2) is 29.3 Å². The Morgan fingerprint density at radius 3 is 2.88 bits per heavy atom. The Bertz CT molecular complexity index is 399. The van der Waals surface area contributed by atoms with E-state index in [0.717, 1.165) is 25.1 Å². The van der Waals surface area contributed by atoms with Crippen LogP contribution in [0.25, 0.3) is 0 Å². The zero-order chi connectivity index (χ0) is 12.4. The fourth-order valence-corrected chi connectivity index (χ4v) is 2.60. The second kappa shape index (κ2) is 5.38. The maximum atomic E-state index is 6.08. The van der Waals surface area contributed by atoms with Crippen LogP contribution < -0.4 is 10.6 Å². The Balaban J connectivity index is 2.27. The summed E-state index contributed by atoms with van der Waals surface area (Å²) in [6.45, 7) is 3.78. The molecule has 94 valence electrons. The van der Waals surface area contributed by atoms with Crippen LogP contribution in [0.15, 0.2) is 6.07 Å². The van der Waals surface area contributed by atoms with Crippen LogP contribution in [0.4, 0.5) is 5.69 Å². The minimum atomic E-state index is 0.367. The molecule has 0 amide bonds. The molecule has 2 atom stereocenters. The summed E-state index contributed by atoms with van der Waals surface area (Å²) >= 11 is 12.0. The molecule has 1 fully saturated rings. The van der Waals surface area contributed by atoms with E-state index < -0.39 is 0 Å². The Hall–Kier alpha value is -0.580. The van der Waals surface area contributed by atoms with Crippen molar-refractivity contribution in [3.63, 3.8) is 0 Å². The first-order valence-electron chi connectivity index (χ1n) is 5.77. The fourth-order valence-electron chi connectivity index (χ4n) is 2.26. The minimum Gasteiger partial charge on any atom is -0.366 e. The molecule has 0 saturated carbocycles. The van der Waals surface area contributed by atoms with Crippen molar-refractivity contribution in [1.29, 1.82) is 0 Å². The number of nitrogens with two attached hydrogens (primary N) is 1. The molecule has 1 aromatic rings. The summed E-state index contributed by atoms with van der Waals surface area (Å²) in [7, 11) is 0. The third-order valence-corrected chi connectivity index (χ3v) is 3.78. The average Bonchev–Trinajstić information content (AvgIpc) is 2.33. The lowest BCUT2D eigenvalue weighted by molar-refractivity contribution is 0.373. The van der Waals surface area contributed by atoms with Gasteiger partial charge in [-0.05, 0) is 32.2 Å². The molecule has 2 unspecified atom stereocenters. The van der Waals surface area contributed by atoms with Crippen LogP contribution in [-0.2, 0) is 0 Å². The van der Waals surface area contributed by atoms with Crippen LogP contribution >= 0.6 is 23.2 Å². The highest BCUT2D eigenvalue weighted by Crippen LogP contribution is 2.32. The molecule has 2 rings (SSSR count). The first-order chi connectivity index (χ1) is 8.11. The van der Waals surface area contributed by atoms with Gasteiger partial charge in [0.25, 0.3) is 0 Å². The van der Waals surface area contributed by atoms with Crippen molar-refractivity contribution in [3.05, 3.63) is 16.4 Å². The maximum Gasteiger partial charge on any atom is 0.175 e. The van der Waals surface area contributed by atoms with Gasteiger partial charge in [0.15, 0.2) is 10.3 Å². The number of halogens is 2. The summed E-state index contributed by atoms with van der Waals surface area (Å²) in [5.74, 6) is 0.509. The van der Waals surface area contributed by atoms with Crippen LogP contribution in [0.1, 0.15) is 19.8 Å². The molecule has 17 heavy (non-hydrogen) atoms. The summed E-state index contributed by atoms with van der Waals surface area (Å²) in [4.78, 5) is 2.23. The van der Waals surface area contributed by atoms with E-state index in [1.165, 1.54) is 0 Å². The lowest BCUT2D eigenvalue weighted by Gasteiger charge is -2.39. The van der Waals surface area contributed by atoms with E-state index in [2.05, 4.69) is 22.0 Å². The second-order valence-corrected chi connectivity index (χ2v) is 5.27. The number of hydrogen-bond acceptors (Lipinski definition) is 4. The van der Waals surface area contributed by atoms with E-state index in [9.17, 15) is 0 Å². The Kier molecular flexibility index (Phi) is 4.07. The molecule has 0 spiro atoms. The number of nitrogens with zero attached hydrogens (tertiary/aromatic N) is 3. The molecular weight excluding hydrogens is 259 g/mol. The summed E-state index contributed by atoms with van der Waals surface area (Å²) in [6, 6.07) is 2.20. The Labute approximate surface area is 111 Å². The molecule has 0 aliphatic carbocycles. The molecule has 6 heteroatoms. The van der Waals surface area contributed by atoms with Crippen molar-refractivity contribution in [2.75, 3.05) is 18.0 Å². The lowest BCUT2D eigenvalue weighted by Crippen LogP contribution is -2.44. The predicted molar refractivity (Wildman–Crippen MR) is 70.6 cm³/mol. The van der Waals surface area contributed by atoms with Gasteiger partial charge in [0, 0.05) is 18.7 Å². The van der Waals surface area contributed by atoms with Crippen LogP contribution in [0.2, 0.25) is 10.3 Å². The standard InChI is InChI=1S/C11H16Cl2N4/c1-7-2-3-8(5-14)6-17(7)9-4-10(12)15-16-11(9)13/h4,7-8H,2-3,5-6,14H2,1H3. The van der Waals surface area contributed by atoms with E-state index in [1.54, 1.807) is 6.07 Å². The Morgan fingerprint density at radius 1 is 1.41 bits per heavy atom. The summed E-state index contributed by atoms with van der Waals surface area (Å²) < 4.78 is 0. The van der Waals surface area contributed by atoms with Gasteiger partial charge in [0.2, 0.25) is 0 Å². The predicted octanol–water partition coefficient (Wildman–Crippen LogP) is 2.35. The molecular formula is C11H16Cl2N4. The molecule has 2 heterocycles. The van der Waals surface area contributed by atoms with Gasteiger partial charge in [-0.2, -0.15) is 0 Å². The molecule has 1 aliphatic heterocycles. The topological polar surface area (TPSA) is 55.0 Å². The molecule has 0 bridgehead atoms. The number of aromatic nitrogens is 2. The van der Waals surface area contributed by atoms with Crippen molar-refractivity contribution in [1.82, 2.24) is 10.2 Å². The summed E-state index contributed by atoms with van der Waals surface area (Å²) in [6.07, 6.45) is 2.27. The Morgan fingerprint density at radius 2 is 2.18 bits per heavy atom. The number of anilines is 1. The highest BCUT2D eigenvalue weighted by Gasteiger charge is 2.26. The summed E-state index contributed by atoms with van der Waals surface area (Å²) in [5, 5.41) is 8.35. The minimum absolute atomic E-state index is 0.367. The van der Waals surface area contributed by atoms with Crippen molar-refractivity contribution in [2.24, 2.45) is 11.7 Å². The summed E-state index contributed by atoms with van der Waals surface area (Å²) in [5.41, 5.74) is 6.60. The number of hydrogen-bond donors (Lipinski definition) is 1. The van der Waals surface area contributed by atoms with Gasteiger partial charge in [-0.25, -0.2) is 0 Å². The lowest BCUT2D eigenvalue weighted by atomic mass is 9.93. The molecule has 4 nitrogen and oxygen atoms in total. The van der Waals surface area contributed by atoms with Crippen molar-refractivity contribution < 1.29 is 0 Å². The molecule has 1 saturated heterocycles. The van der Waals surface area contributed by atoms with Gasteiger partial charge in [-0.3, -0.25) is 0 Å². The van der Waals surface area contributed by atoms with E-state index >= 15 is 0 Å². The van der Waals surface area contributed by atoms with E-state index in [0.29, 0.717) is 28.8 Å². The molecule has 1 aliphatic rings. The smallest absolute Gasteiger partial charge is 0.175 e. The quantitative estimate of drug-likeness (QED) is 0.900. The zero-order valence-corrected chi connectivity index (χ0v) is 11.2. The molecule has 1 aromatic heterocycles. The fraction of sp³-hybridized carbons (Fsp3) is 0.636. The SMILES string of the molecule is CC1CCC(CN)CN1c1cc(Cl)nnc1Cl. The van der Waals surface area contributed by atoms with Gasteiger partial charge in [-0.1, -0.05) is 23.2 Å². The molecule has 2 N–H and O–H groups in total. The maximum absolute atomic E-state index is 6.08. The second-order valence-electron chi connectivity index (χ2n) is 4.52. The normalized spacial score (nSPS) is 25.1. The largest absolute Gasteiger partial charge is 0.366 e. The van der Waals surface area contributed by atoms with Crippen molar-refractivity contribution >= 4 is 28.9 Å². The third-order valence-electron chi connectivity index (χ3n) is 3.32. The van der Waals surface area contributed by atoms with Gasteiger partial charge < -0.3 is 10.6 Å². The van der Waals surface area contributed by atoms with Gasteiger partial charge in [-0.15, -0.1) is 10.2 Å².